The minimum absolute atomic E-state index is 0.198. The summed E-state index contributed by atoms with van der Waals surface area (Å²) in [7, 11) is 0. The summed E-state index contributed by atoms with van der Waals surface area (Å²) >= 11 is 0. The van der Waals surface area contributed by atoms with Gasteiger partial charge in [-0.05, 0) is 41.8 Å². The van der Waals surface area contributed by atoms with Gasteiger partial charge in [0.2, 0.25) is 5.91 Å². The van der Waals surface area contributed by atoms with E-state index in [1.807, 2.05) is 24.3 Å². The number of amides is 2. The fourth-order valence-corrected chi connectivity index (χ4v) is 2.25. The molecule has 120 valence electrons. The Bertz CT molecular complexity index is 678. The van der Waals surface area contributed by atoms with Gasteiger partial charge in [-0.2, -0.15) is 0 Å². The third-order valence-corrected chi connectivity index (χ3v) is 3.71. The maximum Gasteiger partial charge on any atom is 0.251 e. The number of nitrogens with one attached hydrogen (secondary N) is 1. The van der Waals surface area contributed by atoms with E-state index in [4.69, 9.17) is 5.73 Å². The molecule has 0 radical (unpaired) electrons. The molecule has 2 rings (SSSR count). The maximum atomic E-state index is 12.3. The predicted molar refractivity (Wildman–Crippen MR) is 88.1 cm³/mol. The second kappa shape index (κ2) is 7.56. The van der Waals surface area contributed by atoms with Crippen molar-refractivity contribution in [2.24, 2.45) is 5.73 Å². The Hall–Kier alpha value is -2.66. The van der Waals surface area contributed by atoms with E-state index in [-0.39, 0.29) is 12.5 Å². The predicted octanol–water partition coefficient (Wildman–Crippen LogP) is 1.81. The fraction of sp³-hybridized carbons (Fsp3) is 0.222. The van der Waals surface area contributed by atoms with Crippen LogP contribution >= 0.6 is 0 Å². The van der Waals surface area contributed by atoms with Gasteiger partial charge in [-0.15, -0.1) is 0 Å². The van der Waals surface area contributed by atoms with Crippen LogP contribution in [0.25, 0.3) is 0 Å². The molecule has 0 saturated carbocycles. The van der Waals surface area contributed by atoms with Crippen LogP contribution in [0.1, 0.15) is 44.8 Å². The van der Waals surface area contributed by atoms with Crippen molar-refractivity contribution >= 4 is 11.8 Å². The molecule has 0 aliphatic heterocycles. The van der Waals surface area contributed by atoms with E-state index >= 15 is 0 Å². The monoisotopic (exact) mass is 312 g/mol. The topological polar surface area (TPSA) is 92.4 Å². The molecule has 1 unspecified atom stereocenters. The number of rotatable bonds is 6. The average molecular weight is 312 g/mol. The molecule has 0 aliphatic carbocycles. The van der Waals surface area contributed by atoms with Crippen LogP contribution in [0.3, 0.4) is 0 Å². The summed E-state index contributed by atoms with van der Waals surface area (Å²) in [5.41, 5.74) is 7.95. The van der Waals surface area contributed by atoms with E-state index in [9.17, 15) is 14.7 Å². The number of aryl methyl sites for hydroxylation is 1. The number of hydrogen-bond donors (Lipinski definition) is 3. The van der Waals surface area contributed by atoms with E-state index in [1.54, 1.807) is 0 Å². The van der Waals surface area contributed by atoms with E-state index < -0.39 is 11.9 Å². The Morgan fingerprint density at radius 2 is 1.61 bits per heavy atom. The highest BCUT2D eigenvalue weighted by molar-refractivity contribution is 5.97. The molecule has 0 saturated heterocycles. The lowest BCUT2D eigenvalue weighted by Gasteiger charge is -2.17. The van der Waals surface area contributed by atoms with Crippen molar-refractivity contribution in [3.8, 4) is 0 Å². The average Bonchev–Trinajstić information content (AvgIpc) is 2.59. The van der Waals surface area contributed by atoms with Gasteiger partial charge in [0.25, 0.3) is 5.91 Å². The molecule has 4 N–H and O–H groups in total. The minimum Gasteiger partial charge on any atom is -0.394 e. The van der Waals surface area contributed by atoms with Gasteiger partial charge in [0.05, 0.1) is 12.6 Å². The van der Waals surface area contributed by atoms with Gasteiger partial charge >= 0.3 is 0 Å². The number of aliphatic hydroxyl groups is 1. The third-order valence-electron chi connectivity index (χ3n) is 3.71. The molecule has 0 aliphatic rings. The molecule has 2 amide bonds. The molecule has 0 spiro atoms. The molecule has 0 fully saturated rings. The number of nitrogens with two attached hydrogens (primary N) is 1. The Morgan fingerprint density at radius 1 is 1.04 bits per heavy atom. The summed E-state index contributed by atoms with van der Waals surface area (Å²) in [6.45, 7) is 1.87. The molecule has 0 heterocycles. The van der Waals surface area contributed by atoms with Gasteiger partial charge < -0.3 is 16.2 Å². The summed E-state index contributed by atoms with van der Waals surface area (Å²) in [5.74, 6) is -0.860. The molecule has 2 aromatic rings. The quantitative estimate of drug-likeness (QED) is 0.759. The lowest BCUT2D eigenvalue weighted by Crippen LogP contribution is -2.30. The molecule has 1 atom stereocenters. The zero-order valence-corrected chi connectivity index (χ0v) is 13.0. The Labute approximate surface area is 135 Å². The highest BCUT2D eigenvalue weighted by Crippen LogP contribution is 2.15. The maximum absolute atomic E-state index is 12.3. The molecular weight excluding hydrogens is 292 g/mol. The Kier molecular flexibility index (Phi) is 5.49. The molecular formula is C18H20N2O3. The fourth-order valence-electron chi connectivity index (χ4n) is 2.25. The van der Waals surface area contributed by atoms with Crippen molar-refractivity contribution in [2.75, 3.05) is 6.61 Å². The van der Waals surface area contributed by atoms with E-state index in [0.717, 1.165) is 12.0 Å². The van der Waals surface area contributed by atoms with Gasteiger partial charge in [0.15, 0.2) is 0 Å². The minimum atomic E-state index is -0.541. The van der Waals surface area contributed by atoms with Crippen LogP contribution < -0.4 is 11.1 Å². The van der Waals surface area contributed by atoms with Gasteiger partial charge in [0.1, 0.15) is 0 Å². The number of carbonyl (C=O) groups is 2. The first-order chi connectivity index (χ1) is 11.0. The SMILES string of the molecule is CCc1ccc(C(CO)NC(=O)c2ccc(C(N)=O)cc2)cc1. The van der Waals surface area contributed by atoms with Crippen LogP contribution in [0.4, 0.5) is 0 Å². The van der Waals surface area contributed by atoms with Gasteiger partial charge in [0, 0.05) is 11.1 Å². The second-order valence-electron chi connectivity index (χ2n) is 5.25. The smallest absolute Gasteiger partial charge is 0.251 e. The lowest BCUT2D eigenvalue weighted by atomic mass is 10.0. The Morgan fingerprint density at radius 3 is 2.09 bits per heavy atom. The number of benzene rings is 2. The molecule has 0 bridgehead atoms. The highest BCUT2D eigenvalue weighted by atomic mass is 16.3. The summed E-state index contributed by atoms with van der Waals surface area (Å²) in [6, 6.07) is 13.3. The van der Waals surface area contributed by atoms with Gasteiger partial charge in [-0.25, -0.2) is 0 Å². The summed E-state index contributed by atoms with van der Waals surface area (Å²) in [6.07, 6.45) is 0.933. The summed E-state index contributed by atoms with van der Waals surface area (Å²) < 4.78 is 0. The summed E-state index contributed by atoms with van der Waals surface area (Å²) in [5, 5.41) is 12.3. The van der Waals surface area contributed by atoms with Crippen LogP contribution in [0.15, 0.2) is 48.5 Å². The van der Waals surface area contributed by atoms with Crippen LogP contribution in [-0.4, -0.2) is 23.5 Å². The van der Waals surface area contributed by atoms with Crippen molar-refractivity contribution in [1.29, 1.82) is 0 Å². The largest absolute Gasteiger partial charge is 0.394 e. The molecule has 23 heavy (non-hydrogen) atoms. The van der Waals surface area contributed by atoms with Crippen molar-refractivity contribution in [2.45, 2.75) is 19.4 Å². The first kappa shape index (κ1) is 16.7. The normalized spacial score (nSPS) is 11.7. The van der Waals surface area contributed by atoms with Crippen LogP contribution in [-0.2, 0) is 6.42 Å². The van der Waals surface area contributed by atoms with E-state index in [2.05, 4.69) is 12.2 Å². The van der Waals surface area contributed by atoms with Crippen LogP contribution in [0.2, 0.25) is 0 Å². The third kappa shape index (κ3) is 4.17. The number of hydrogen-bond acceptors (Lipinski definition) is 3. The van der Waals surface area contributed by atoms with E-state index in [1.165, 1.54) is 29.8 Å². The number of aliphatic hydroxyl groups excluding tert-OH is 1. The van der Waals surface area contributed by atoms with Crippen LogP contribution in [0.5, 0.6) is 0 Å². The number of carbonyl (C=O) groups excluding carboxylic acids is 2. The van der Waals surface area contributed by atoms with Crippen molar-refractivity contribution in [1.82, 2.24) is 5.32 Å². The summed E-state index contributed by atoms with van der Waals surface area (Å²) in [4.78, 5) is 23.3. The van der Waals surface area contributed by atoms with Crippen molar-refractivity contribution in [3.05, 3.63) is 70.8 Å². The zero-order chi connectivity index (χ0) is 16.8. The Balaban J connectivity index is 2.10. The molecule has 0 aromatic heterocycles. The standard InChI is InChI=1S/C18H20N2O3/c1-2-12-3-5-13(6-4-12)16(11-21)20-18(23)15-9-7-14(8-10-15)17(19)22/h3-10,16,21H,2,11H2,1H3,(H2,19,22)(H,20,23). The van der Waals surface area contributed by atoms with Crippen molar-refractivity contribution in [3.63, 3.8) is 0 Å². The second-order valence-corrected chi connectivity index (χ2v) is 5.25. The van der Waals surface area contributed by atoms with E-state index in [0.29, 0.717) is 11.1 Å². The van der Waals surface area contributed by atoms with Gasteiger partial charge in [-0.3, -0.25) is 9.59 Å². The lowest BCUT2D eigenvalue weighted by molar-refractivity contribution is 0.0914. The molecule has 2 aromatic carbocycles. The van der Waals surface area contributed by atoms with Crippen LogP contribution in [0, 0.1) is 0 Å². The zero-order valence-electron chi connectivity index (χ0n) is 13.0. The van der Waals surface area contributed by atoms with Gasteiger partial charge in [-0.1, -0.05) is 31.2 Å². The first-order valence-electron chi connectivity index (χ1n) is 7.45. The highest BCUT2D eigenvalue weighted by Gasteiger charge is 2.15. The molecule has 5 heteroatoms. The first-order valence-corrected chi connectivity index (χ1v) is 7.45. The van der Waals surface area contributed by atoms with Crippen molar-refractivity contribution < 1.29 is 14.7 Å². The number of primary amides is 1. The molecule has 5 nitrogen and oxygen atoms in total.